The third kappa shape index (κ3) is 3.17. The molecule has 0 fully saturated rings. The molecule has 90 valence electrons. The fraction of sp³-hybridized carbons (Fsp3) is 0.375. The molecule has 8 heteroatoms. The Balaban J connectivity index is 3.61. The van der Waals surface area contributed by atoms with E-state index in [4.69, 9.17) is 0 Å². The Kier molecular flexibility index (Phi) is 3.54. The monoisotopic (exact) mass is 264 g/mol. The largest absolute Gasteiger partial charge is 0.254 e. The van der Waals surface area contributed by atoms with Crippen molar-refractivity contribution in [1.29, 1.82) is 0 Å². The van der Waals surface area contributed by atoms with Gasteiger partial charge < -0.3 is 0 Å². The summed E-state index contributed by atoms with van der Waals surface area (Å²) in [6, 6.07) is 4.33. The van der Waals surface area contributed by atoms with Crippen LogP contribution in [0.3, 0.4) is 0 Å². The van der Waals surface area contributed by atoms with E-state index >= 15 is 0 Å². The summed E-state index contributed by atoms with van der Waals surface area (Å²) in [6.07, 6.45) is 2.23. The average Bonchev–Trinajstić information content (AvgIpc) is 2.16. The molecule has 0 amide bonds. The van der Waals surface area contributed by atoms with Crippen LogP contribution in [0.5, 0.6) is 0 Å². The highest BCUT2D eigenvalue weighted by atomic mass is 32.2. The van der Waals surface area contributed by atoms with Crippen molar-refractivity contribution in [2.75, 3.05) is 12.0 Å². The van der Waals surface area contributed by atoms with E-state index in [1.165, 1.54) is 31.3 Å². The molecule has 1 aromatic heterocycles. The molecule has 1 heterocycles. The molecular weight excluding hydrogens is 252 g/mol. The van der Waals surface area contributed by atoms with Crippen LogP contribution in [0.15, 0.2) is 28.8 Å². The van der Waals surface area contributed by atoms with Crippen molar-refractivity contribution in [1.82, 2.24) is 3.97 Å². The molecule has 16 heavy (non-hydrogen) atoms. The van der Waals surface area contributed by atoms with Crippen molar-refractivity contribution in [2.24, 2.45) is 4.40 Å². The topological polar surface area (TPSA) is 85.6 Å². The van der Waals surface area contributed by atoms with E-state index in [1.807, 2.05) is 0 Å². The fourth-order valence-corrected chi connectivity index (χ4v) is 2.32. The molecule has 1 rings (SSSR count). The first-order valence-electron chi connectivity index (χ1n) is 4.43. The van der Waals surface area contributed by atoms with Gasteiger partial charge in [-0.05, 0) is 19.1 Å². The highest BCUT2D eigenvalue weighted by Crippen LogP contribution is 1.92. The zero-order valence-electron chi connectivity index (χ0n) is 8.86. The standard InChI is InChI=1S/C8H12N2O4S2/c1-3-16(13,14)9-8-6-4-5-7-10(8)15(2,11)12/h4-7H,3H2,1-2H3. The second-order valence-electron chi connectivity index (χ2n) is 3.08. The van der Waals surface area contributed by atoms with Crippen molar-refractivity contribution in [3.05, 3.63) is 29.9 Å². The number of aromatic nitrogens is 1. The van der Waals surface area contributed by atoms with Gasteiger partial charge in [0.25, 0.3) is 10.0 Å². The van der Waals surface area contributed by atoms with Gasteiger partial charge in [-0.1, -0.05) is 6.07 Å². The van der Waals surface area contributed by atoms with Gasteiger partial charge in [0.1, 0.15) is 0 Å². The van der Waals surface area contributed by atoms with E-state index < -0.39 is 20.0 Å². The number of nitrogens with zero attached hydrogens (tertiary/aromatic N) is 2. The lowest BCUT2D eigenvalue weighted by Gasteiger charge is -2.03. The Morgan fingerprint density at radius 2 is 1.88 bits per heavy atom. The third-order valence-electron chi connectivity index (χ3n) is 1.76. The Bertz CT molecular complexity index is 641. The van der Waals surface area contributed by atoms with Crippen LogP contribution >= 0.6 is 0 Å². The van der Waals surface area contributed by atoms with Gasteiger partial charge in [0.2, 0.25) is 10.0 Å². The molecule has 0 radical (unpaired) electrons. The highest BCUT2D eigenvalue weighted by molar-refractivity contribution is 7.90. The van der Waals surface area contributed by atoms with Crippen LogP contribution in [0.1, 0.15) is 6.92 Å². The molecule has 0 saturated carbocycles. The number of rotatable bonds is 3. The normalized spacial score (nSPS) is 14.0. The van der Waals surface area contributed by atoms with Crippen LogP contribution in [0.2, 0.25) is 0 Å². The molecule has 0 N–H and O–H groups in total. The predicted octanol–water partition coefficient (Wildman–Crippen LogP) is -0.454. The molecule has 0 bridgehead atoms. The summed E-state index contributed by atoms with van der Waals surface area (Å²) in [7, 11) is -7.17. The lowest BCUT2D eigenvalue weighted by molar-refractivity contribution is 0.590. The SMILES string of the molecule is CCS(=O)(=O)N=c1ccccn1S(C)(=O)=O. The van der Waals surface area contributed by atoms with E-state index in [-0.39, 0.29) is 11.2 Å². The third-order valence-corrected chi connectivity index (χ3v) is 3.98. The fourth-order valence-electron chi connectivity index (χ4n) is 0.977. The van der Waals surface area contributed by atoms with Crippen LogP contribution in [-0.4, -0.2) is 32.8 Å². The molecule has 1 aromatic rings. The number of sulfonamides is 1. The minimum atomic E-state index is -3.62. The Hall–Kier alpha value is -1.15. The van der Waals surface area contributed by atoms with E-state index in [0.717, 1.165) is 10.2 Å². The predicted molar refractivity (Wildman–Crippen MR) is 59.7 cm³/mol. The first-order valence-corrected chi connectivity index (χ1v) is 7.89. The summed E-state index contributed by atoms with van der Waals surface area (Å²) in [4.78, 5) is 0. The number of pyridine rings is 1. The molecule has 0 aromatic carbocycles. The van der Waals surface area contributed by atoms with Gasteiger partial charge in [-0.3, -0.25) is 0 Å². The molecule has 0 spiro atoms. The quantitative estimate of drug-likeness (QED) is 0.739. The second-order valence-corrected chi connectivity index (χ2v) is 6.86. The van der Waals surface area contributed by atoms with Crippen LogP contribution in [0, 0.1) is 0 Å². The van der Waals surface area contributed by atoms with Gasteiger partial charge in [0.05, 0.1) is 12.0 Å². The lowest BCUT2D eigenvalue weighted by atomic mass is 10.5. The number of hydrogen-bond acceptors (Lipinski definition) is 4. The molecule has 0 aliphatic heterocycles. The van der Waals surface area contributed by atoms with Gasteiger partial charge in [-0.25, -0.2) is 20.8 Å². The maximum Gasteiger partial charge on any atom is 0.254 e. The minimum absolute atomic E-state index is 0.119. The zero-order valence-corrected chi connectivity index (χ0v) is 10.5. The summed E-state index contributed by atoms with van der Waals surface area (Å²) in [5.74, 6) is -0.175. The molecule has 0 unspecified atom stereocenters. The van der Waals surface area contributed by atoms with Crippen molar-refractivity contribution in [3.8, 4) is 0 Å². The Morgan fingerprint density at radius 1 is 1.25 bits per heavy atom. The number of hydrogen-bond donors (Lipinski definition) is 0. The average molecular weight is 264 g/mol. The summed E-state index contributed by atoms with van der Waals surface area (Å²) in [5.41, 5.74) is -0.119. The Labute approximate surface area is 94.4 Å². The first kappa shape index (κ1) is 12.9. The highest BCUT2D eigenvalue weighted by Gasteiger charge is 2.08. The Morgan fingerprint density at radius 3 is 2.38 bits per heavy atom. The molecule has 6 nitrogen and oxygen atoms in total. The summed E-state index contributed by atoms with van der Waals surface area (Å²) in [6.45, 7) is 1.44. The van der Waals surface area contributed by atoms with Gasteiger partial charge in [-0.2, -0.15) is 0 Å². The maximum atomic E-state index is 11.3. The van der Waals surface area contributed by atoms with Gasteiger partial charge in [0.15, 0.2) is 5.49 Å². The minimum Gasteiger partial charge on any atom is -0.228 e. The van der Waals surface area contributed by atoms with Crippen LogP contribution < -0.4 is 5.49 Å². The maximum absolute atomic E-state index is 11.3. The van der Waals surface area contributed by atoms with Crippen molar-refractivity contribution in [3.63, 3.8) is 0 Å². The van der Waals surface area contributed by atoms with Crippen LogP contribution in [-0.2, 0) is 20.0 Å². The van der Waals surface area contributed by atoms with Crippen molar-refractivity contribution < 1.29 is 16.8 Å². The molecule has 0 saturated heterocycles. The molecule has 0 atom stereocenters. The lowest BCUT2D eigenvalue weighted by Crippen LogP contribution is -2.27. The molecule has 0 aliphatic carbocycles. The summed E-state index contributed by atoms with van der Waals surface area (Å²) in [5, 5.41) is 0. The zero-order chi connectivity index (χ0) is 12.4. The van der Waals surface area contributed by atoms with Gasteiger partial charge in [0, 0.05) is 6.20 Å². The smallest absolute Gasteiger partial charge is 0.228 e. The van der Waals surface area contributed by atoms with Crippen LogP contribution in [0.25, 0.3) is 0 Å². The van der Waals surface area contributed by atoms with E-state index in [0.29, 0.717) is 0 Å². The van der Waals surface area contributed by atoms with Gasteiger partial charge >= 0.3 is 0 Å². The van der Waals surface area contributed by atoms with E-state index in [1.54, 1.807) is 0 Å². The summed E-state index contributed by atoms with van der Waals surface area (Å²) < 4.78 is 49.5. The molecular formula is C8H12N2O4S2. The summed E-state index contributed by atoms with van der Waals surface area (Å²) >= 11 is 0. The molecule has 0 aliphatic rings. The second kappa shape index (κ2) is 4.38. The van der Waals surface area contributed by atoms with Gasteiger partial charge in [-0.15, -0.1) is 4.40 Å². The van der Waals surface area contributed by atoms with E-state index in [9.17, 15) is 16.8 Å². The van der Waals surface area contributed by atoms with Crippen LogP contribution in [0.4, 0.5) is 0 Å². The first-order chi connectivity index (χ1) is 7.26. The van der Waals surface area contributed by atoms with E-state index in [2.05, 4.69) is 4.40 Å². The van der Waals surface area contributed by atoms with Crippen molar-refractivity contribution >= 4 is 20.0 Å². The van der Waals surface area contributed by atoms with Crippen molar-refractivity contribution in [2.45, 2.75) is 6.92 Å².